The molecule has 5 nitrogen and oxygen atoms in total. The number of ether oxygens (including phenoxy) is 1. The second kappa shape index (κ2) is 9.92. The van der Waals surface area contributed by atoms with E-state index in [-0.39, 0.29) is 24.0 Å². The SMILES string of the molecule is Cc1ccc(CN(C(=O)COc2ccc(Br)cc2)C(C)C(=O)NC(C)(C)C)cc1. The van der Waals surface area contributed by atoms with Gasteiger partial charge in [0.05, 0.1) is 0 Å². The van der Waals surface area contributed by atoms with Gasteiger partial charge < -0.3 is 15.0 Å². The zero-order valence-corrected chi connectivity index (χ0v) is 19.2. The number of hydrogen-bond donors (Lipinski definition) is 1. The monoisotopic (exact) mass is 460 g/mol. The van der Waals surface area contributed by atoms with Gasteiger partial charge in [0, 0.05) is 16.6 Å². The summed E-state index contributed by atoms with van der Waals surface area (Å²) in [6.07, 6.45) is 0. The molecule has 2 aromatic carbocycles. The van der Waals surface area contributed by atoms with Crippen molar-refractivity contribution in [1.82, 2.24) is 10.2 Å². The summed E-state index contributed by atoms with van der Waals surface area (Å²) in [5.74, 6) is 0.162. The molecule has 29 heavy (non-hydrogen) atoms. The highest BCUT2D eigenvalue weighted by Crippen LogP contribution is 2.17. The lowest BCUT2D eigenvalue weighted by molar-refractivity contribution is -0.142. The number of amides is 2. The summed E-state index contributed by atoms with van der Waals surface area (Å²) >= 11 is 3.37. The first-order valence-electron chi connectivity index (χ1n) is 9.60. The number of carbonyl (C=O) groups is 2. The first-order chi connectivity index (χ1) is 13.5. The summed E-state index contributed by atoms with van der Waals surface area (Å²) in [5.41, 5.74) is 1.73. The van der Waals surface area contributed by atoms with Crippen LogP contribution in [0.5, 0.6) is 5.75 Å². The molecule has 0 aliphatic carbocycles. The number of rotatable bonds is 7. The normalized spacial score (nSPS) is 12.2. The van der Waals surface area contributed by atoms with Crippen molar-refractivity contribution in [2.75, 3.05) is 6.61 Å². The number of benzene rings is 2. The standard InChI is InChI=1S/C23H29BrN2O3/c1-16-6-8-18(9-7-16)14-26(17(2)22(28)25-23(3,4)5)21(27)15-29-20-12-10-19(24)11-13-20/h6-13,17H,14-15H2,1-5H3,(H,25,28). The van der Waals surface area contributed by atoms with Crippen molar-refractivity contribution in [2.24, 2.45) is 0 Å². The molecule has 1 atom stereocenters. The smallest absolute Gasteiger partial charge is 0.261 e. The van der Waals surface area contributed by atoms with Crippen molar-refractivity contribution >= 4 is 27.7 Å². The first-order valence-corrected chi connectivity index (χ1v) is 10.4. The van der Waals surface area contributed by atoms with Crippen LogP contribution in [-0.4, -0.2) is 34.9 Å². The van der Waals surface area contributed by atoms with Gasteiger partial charge in [-0.1, -0.05) is 45.8 Å². The van der Waals surface area contributed by atoms with Gasteiger partial charge in [-0.05, 0) is 64.4 Å². The lowest BCUT2D eigenvalue weighted by atomic mass is 10.1. The summed E-state index contributed by atoms with van der Waals surface area (Å²) in [4.78, 5) is 27.2. The predicted octanol–water partition coefficient (Wildman–Crippen LogP) is 4.47. The molecule has 1 N–H and O–H groups in total. The molecule has 0 saturated carbocycles. The molecule has 0 aromatic heterocycles. The molecule has 0 fully saturated rings. The third-order valence-electron chi connectivity index (χ3n) is 4.31. The second-order valence-electron chi connectivity index (χ2n) is 8.17. The Balaban J connectivity index is 2.15. The van der Waals surface area contributed by atoms with Crippen molar-refractivity contribution < 1.29 is 14.3 Å². The van der Waals surface area contributed by atoms with Crippen LogP contribution in [0.3, 0.4) is 0 Å². The highest BCUT2D eigenvalue weighted by atomic mass is 79.9. The molecule has 0 bridgehead atoms. The van der Waals surface area contributed by atoms with Gasteiger partial charge in [-0.25, -0.2) is 0 Å². The summed E-state index contributed by atoms with van der Waals surface area (Å²) in [7, 11) is 0. The van der Waals surface area contributed by atoms with Gasteiger partial charge in [0.15, 0.2) is 6.61 Å². The van der Waals surface area contributed by atoms with E-state index in [1.165, 1.54) is 0 Å². The van der Waals surface area contributed by atoms with Gasteiger partial charge in [-0.15, -0.1) is 0 Å². The van der Waals surface area contributed by atoms with Gasteiger partial charge in [0.25, 0.3) is 5.91 Å². The maximum absolute atomic E-state index is 13.0. The molecule has 1 unspecified atom stereocenters. The maximum Gasteiger partial charge on any atom is 0.261 e. The second-order valence-corrected chi connectivity index (χ2v) is 9.08. The van der Waals surface area contributed by atoms with Gasteiger partial charge in [0.2, 0.25) is 5.91 Å². The number of halogens is 1. The fourth-order valence-electron chi connectivity index (χ4n) is 2.71. The number of aryl methyl sites for hydroxylation is 1. The lowest BCUT2D eigenvalue weighted by Crippen LogP contribution is -2.53. The Hall–Kier alpha value is -2.34. The van der Waals surface area contributed by atoms with Gasteiger partial charge >= 0.3 is 0 Å². The van der Waals surface area contributed by atoms with E-state index in [9.17, 15) is 9.59 Å². The third kappa shape index (κ3) is 7.54. The van der Waals surface area contributed by atoms with E-state index in [0.717, 1.165) is 15.6 Å². The summed E-state index contributed by atoms with van der Waals surface area (Å²) in [5, 5.41) is 2.95. The molecule has 0 spiro atoms. The molecule has 2 aromatic rings. The third-order valence-corrected chi connectivity index (χ3v) is 4.84. The summed E-state index contributed by atoms with van der Waals surface area (Å²) in [6.45, 7) is 9.70. The zero-order valence-electron chi connectivity index (χ0n) is 17.7. The van der Waals surface area contributed by atoms with Crippen LogP contribution in [0.2, 0.25) is 0 Å². The van der Waals surface area contributed by atoms with Crippen LogP contribution in [0, 0.1) is 6.92 Å². The summed E-state index contributed by atoms with van der Waals surface area (Å²) in [6, 6.07) is 14.6. The zero-order chi connectivity index (χ0) is 21.6. The predicted molar refractivity (Wildman–Crippen MR) is 119 cm³/mol. The van der Waals surface area contributed by atoms with Gasteiger partial charge in [0.1, 0.15) is 11.8 Å². The molecule has 156 valence electrons. The van der Waals surface area contributed by atoms with E-state index >= 15 is 0 Å². The van der Waals surface area contributed by atoms with E-state index in [1.54, 1.807) is 24.0 Å². The Kier molecular flexibility index (Phi) is 7.85. The van der Waals surface area contributed by atoms with Gasteiger partial charge in [-0.3, -0.25) is 9.59 Å². The number of hydrogen-bond acceptors (Lipinski definition) is 3. The fourth-order valence-corrected chi connectivity index (χ4v) is 2.97. The summed E-state index contributed by atoms with van der Waals surface area (Å²) < 4.78 is 6.58. The average molecular weight is 461 g/mol. The number of nitrogens with zero attached hydrogens (tertiary/aromatic N) is 1. The van der Waals surface area contributed by atoms with Crippen molar-refractivity contribution in [1.29, 1.82) is 0 Å². The highest BCUT2D eigenvalue weighted by molar-refractivity contribution is 9.10. The molecule has 0 aliphatic rings. The van der Waals surface area contributed by atoms with Crippen LogP contribution in [-0.2, 0) is 16.1 Å². The van der Waals surface area contributed by atoms with Crippen molar-refractivity contribution in [3.8, 4) is 5.75 Å². The molecule has 2 amide bonds. The van der Waals surface area contributed by atoms with Crippen LogP contribution in [0.1, 0.15) is 38.8 Å². The molecule has 0 radical (unpaired) electrons. The Labute approximate surface area is 181 Å². The van der Waals surface area contributed by atoms with Crippen LogP contribution in [0.15, 0.2) is 53.0 Å². The quantitative estimate of drug-likeness (QED) is 0.662. The van der Waals surface area contributed by atoms with E-state index in [4.69, 9.17) is 4.74 Å². The van der Waals surface area contributed by atoms with Crippen LogP contribution in [0.25, 0.3) is 0 Å². The maximum atomic E-state index is 13.0. The average Bonchev–Trinajstić information content (AvgIpc) is 2.65. The topological polar surface area (TPSA) is 58.6 Å². The molecular weight excluding hydrogens is 432 g/mol. The van der Waals surface area contributed by atoms with Crippen LogP contribution in [0.4, 0.5) is 0 Å². The first kappa shape index (κ1) is 22.9. The molecule has 2 rings (SSSR count). The number of nitrogens with one attached hydrogen (secondary N) is 1. The molecular formula is C23H29BrN2O3. The van der Waals surface area contributed by atoms with E-state index in [2.05, 4.69) is 21.2 Å². The van der Waals surface area contributed by atoms with E-state index in [0.29, 0.717) is 12.3 Å². The Morgan fingerprint density at radius 2 is 1.66 bits per heavy atom. The molecule has 0 saturated heterocycles. The largest absolute Gasteiger partial charge is 0.484 e. The van der Waals surface area contributed by atoms with Crippen LogP contribution >= 0.6 is 15.9 Å². The Morgan fingerprint density at radius 1 is 1.07 bits per heavy atom. The minimum absolute atomic E-state index is 0.138. The van der Waals surface area contributed by atoms with Crippen molar-refractivity contribution in [2.45, 2.75) is 52.7 Å². The molecule has 0 aliphatic heterocycles. The molecule has 6 heteroatoms. The van der Waals surface area contributed by atoms with Crippen molar-refractivity contribution in [3.63, 3.8) is 0 Å². The highest BCUT2D eigenvalue weighted by Gasteiger charge is 2.28. The molecule has 0 heterocycles. The van der Waals surface area contributed by atoms with Crippen LogP contribution < -0.4 is 10.1 Å². The lowest BCUT2D eigenvalue weighted by Gasteiger charge is -2.31. The minimum atomic E-state index is -0.628. The van der Waals surface area contributed by atoms with E-state index in [1.807, 2.05) is 64.1 Å². The van der Waals surface area contributed by atoms with Gasteiger partial charge in [-0.2, -0.15) is 0 Å². The minimum Gasteiger partial charge on any atom is -0.484 e. The van der Waals surface area contributed by atoms with E-state index < -0.39 is 6.04 Å². The number of carbonyl (C=O) groups excluding carboxylic acids is 2. The fraction of sp³-hybridized carbons (Fsp3) is 0.391. The van der Waals surface area contributed by atoms with Crippen molar-refractivity contribution in [3.05, 3.63) is 64.1 Å². The Bertz CT molecular complexity index is 827. The Morgan fingerprint density at radius 3 is 2.21 bits per heavy atom.